The number of hydrogen-bond donors (Lipinski definition) is 2. The fraction of sp³-hybridized carbons (Fsp3) is 0.667. The zero-order chi connectivity index (χ0) is 11.1. The molecule has 1 amide bonds. The summed E-state index contributed by atoms with van der Waals surface area (Å²) in [6.07, 6.45) is 6.66. The van der Waals surface area contributed by atoms with Crippen molar-refractivity contribution in [3.63, 3.8) is 0 Å². The van der Waals surface area contributed by atoms with Crippen LogP contribution in [0.5, 0.6) is 0 Å². The Bertz CT molecular complexity index is 412. The monoisotopic (exact) mass is 219 g/mol. The number of carbonyl (C=O) groups excluding carboxylic acids is 1. The molecule has 1 aromatic heterocycles. The molecule has 0 saturated heterocycles. The van der Waals surface area contributed by atoms with Crippen LogP contribution in [0.25, 0.3) is 0 Å². The number of aromatic nitrogens is 2. The summed E-state index contributed by atoms with van der Waals surface area (Å²) in [6, 6.07) is 0. The van der Waals surface area contributed by atoms with Gasteiger partial charge in [-0.3, -0.25) is 9.89 Å². The van der Waals surface area contributed by atoms with Gasteiger partial charge in [0.1, 0.15) is 5.82 Å². The molecule has 3 unspecified atom stereocenters. The highest BCUT2D eigenvalue weighted by molar-refractivity contribution is 5.92. The number of fused-ring (bicyclic) bond motifs is 2. The van der Waals surface area contributed by atoms with Gasteiger partial charge in [-0.15, -0.1) is 0 Å². The smallest absolute Gasteiger partial charge is 0.228 e. The second-order valence-electron chi connectivity index (χ2n) is 5.20. The van der Waals surface area contributed by atoms with Gasteiger partial charge >= 0.3 is 0 Å². The van der Waals surface area contributed by atoms with Crippen molar-refractivity contribution in [2.24, 2.45) is 17.8 Å². The summed E-state index contributed by atoms with van der Waals surface area (Å²) >= 11 is 0. The first-order chi connectivity index (χ1) is 7.74. The Labute approximate surface area is 94.8 Å². The highest BCUT2D eigenvalue weighted by Crippen LogP contribution is 2.48. The van der Waals surface area contributed by atoms with E-state index in [1.165, 1.54) is 19.3 Å². The predicted octanol–water partition coefficient (Wildman–Crippen LogP) is 2.09. The number of amides is 1. The Hall–Kier alpha value is -1.32. The molecule has 2 aliphatic rings. The van der Waals surface area contributed by atoms with Crippen LogP contribution in [0, 0.1) is 24.7 Å². The van der Waals surface area contributed by atoms with E-state index >= 15 is 0 Å². The van der Waals surface area contributed by atoms with E-state index in [4.69, 9.17) is 0 Å². The molecule has 16 heavy (non-hydrogen) atoms. The number of nitrogens with one attached hydrogen (secondary N) is 2. The summed E-state index contributed by atoms with van der Waals surface area (Å²) < 4.78 is 0. The molecule has 2 aliphatic carbocycles. The summed E-state index contributed by atoms with van der Waals surface area (Å²) in [5.41, 5.74) is 0.997. The van der Waals surface area contributed by atoms with Crippen LogP contribution in [0.3, 0.4) is 0 Å². The molecule has 0 aromatic carbocycles. The average Bonchev–Trinajstić information content (AvgIpc) is 2.95. The van der Waals surface area contributed by atoms with Crippen molar-refractivity contribution in [2.45, 2.75) is 32.6 Å². The Morgan fingerprint density at radius 3 is 2.94 bits per heavy atom. The molecule has 2 fully saturated rings. The second kappa shape index (κ2) is 3.61. The van der Waals surface area contributed by atoms with Gasteiger partial charge in [0.15, 0.2) is 0 Å². The molecule has 1 heterocycles. The number of nitrogens with zero attached hydrogens (tertiary/aromatic N) is 1. The second-order valence-corrected chi connectivity index (χ2v) is 5.20. The molecular weight excluding hydrogens is 202 g/mol. The third-order valence-corrected chi connectivity index (χ3v) is 4.15. The van der Waals surface area contributed by atoms with E-state index in [1.807, 2.05) is 6.92 Å². The van der Waals surface area contributed by atoms with Crippen LogP contribution >= 0.6 is 0 Å². The van der Waals surface area contributed by atoms with E-state index in [1.54, 1.807) is 6.20 Å². The molecule has 86 valence electrons. The van der Waals surface area contributed by atoms with Crippen LogP contribution < -0.4 is 5.32 Å². The van der Waals surface area contributed by atoms with Crippen molar-refractivity contribution >= 4 is 11.7 Å². The molecule has 0 radical (unpaired) electrons. The molecule has 2 saturated carbocycles. The van der Waals surface area contributed by atoms with Crippen molar-refractivity contribution < 1.29 is 4.79 Å². The van der Waals surface area contributed by atoms with Crippen LogP contribution in [-0.2, 0) is 4.79 Å². The average molecular weight is 219 g/mol. The minimum absolute atomic E-state index is 0.180. The minimum Gasteiger partial charge on any atom is -0.311 e. The summed E-state index contributed by atoms with van der Waals surface area (Å²) in [4.78, 5) is 12.1. The fourth-order valence-corrected chi connectivity index (χ4v) is 3.25. The molecule has 3 atom stereocenters. The number of anilines is 1. The summed E-state index contributed by atoms with van der Waals surface area (Å²) in [6.45, 7) is 1.94. The Morgan fingerprint density at radius 1 is 1.50 bits per heavy atom. The Kier molecular flexibility index (Phi) is 2.23. The molecule has 4 nitrogen and oxygen atoms in total. The summed E-state index contributed by atoms with van der Waals surface area (Å²) in [5.74, 6) is 2.62. The van der Waals surface area contributed by atoms with Crippen molar-refractivity contribution in [1.82, 2.24) is 10.2 Å². The van der Waals surface area contributed by atoms with E-state index in [0.717, 1.165) is 23.7 Å². The highest BCUT2D eigenvalue weighted by Gasteiger charge is 2.43. The summed E-state index contributed by atoms with van der Waals surface area (Å²) in [7, 11) is 0. The van der Waals surface area contributed by atoms with E-state index in [9.17, 15) is 4.79 Å². The lowest BCUT2D eigenvalue weighted by Crippen LogP contribution is -2.27. The lowest BCUT2D eigenvalue weighted by molar-refractivity contribution is -0.121. The van der Waals surface area contributed by atoms with Gasteiger partial charge in [0.25, 0.3) is 0 Å². The minimum atomic E-state index is 0.180. The van der Waals surface area contributed by atoms with Crippen LogP contribution in [-0.4, -0.2) is 16.1 Å². The predicted molar refractivity (Wildman–Crippen MR) is 60.9 cm³/mol. The number of hydrogen-bond acceptors (Lipinski definition) is 2. The van der Waals surface area contributed by atoms with Crippen molar-refractivity contribution in [1.29, 1.82) is 0 Å². The number of aryl methyl sites for hydroxylation is 1. The van der Waals surface area contributed by atoms with E-state index < -0.39 is 0 Å². The highest BCUT2D eigenvalue weighted by atomic mass is 16.2. The van der Waals surface area contributed by atoms with Crippen molar-refractivity contribution in [2.75, 3.05) is 5.32 Å². The molecule has 1 aromatic rings. The number of aromatic amines is 1. The van der Waals surface area contributed by atoms with Gasteiger partial charge in [-0.1, -0.05) is 6.42 Å². The molecule has 2 N–H and O–H groups in total. The molecule has 3 rings (SSSR count). The van der Waals surface area contributed by atoms with Crippen molar-refractivity contribution in [3.8, 4) is 0 Å². The van der Waals surface area contributed by atoms with Gasteiger partial charge in [0.05, 0.1) is 6.20 Å². The largest absolute Gasteiger partial charge is 0.311 e. The third-order valence-electron chi connectivity index (χ3n) is 4.15. The van der Waals surface area contributed by atoms with Gasteiger partial charge in [0.2, 0.25) is 5.91 Å². The zero-order valence-corrected chi connectivity index (χ0v) is 9.49. The standard InChI is InChI=1S/C12H17N3O/c1-7-6-13-15-11(7)14-12(16)10-5-8-2-3-9(10)4-8/h6,8-10H,2-5H2,1H3,(H2,13,14,15,16). The lowest BCUT2D eigenvalue weighted by Gasteiger charge is -2.20. The third kappa shape index (κ3) is 1.52. The number of carbonyl (C=O) groups is 1. The quantitative estimate of drug-likeness (QED) is 0.800. The maximum Gasteiger partial charge on any atom is 0.228 e. The maximum atomic E-state index is 12.1. The number of H-pyrrole nitrogens is 1. The van der Waals surface area contributed by atoms with E-state index in [-0.39, 0.29) is 11.8 Å². The van der Waals surface area contributed by atoms with Gasteiger partial charge in [-0.2, -0.15) is 5.10 Å². The topological polar surface area (TPSA) is 57.8 Å². The molecule has 2 bridgehead atoms. The zero-order valence-electron chi connectivity index (χ0n) is 9.49. The van der Waals surface area contributed by atoms with E-state index in [2.05, 4.69) is 15.5 Å². The summed E-state index contributed by atoms with van der Waals surface area (Å²) in [5, 5.41) is 9.69. The molecule has 0 spiro atoms. The normalized spacial score (nSPS) is 31.9. The van der Waals surface area contributed by atoms with Gasteiger partial charge in [0, 0.05) is 11.5 Å². The van der Waals surface area contributed by atoms with Crippen molar-refractivity contribution in [3.05, 3.63) is 11.8 Å². The van der Waals surface area contributed by atoms with Gasteiger partial charge < -0.3 is 5.32 Å². The molecular formula is C12H17N3O. The maximum absolute atomic E-state index is 12.1. The lowest BCUT2D eigenvalue weighted by atomic mass is 9.88. The first-order valence-corrected chi connectivity index (χ1v) is 6.05. The van der Waals surface area contributed by atoms with Gasteiger partial charge in [-0.05, 0) is 38.0 Å². The molecule has 4 heteroatoms. The fourth-order valence-electron chi connectivity index (χ4n) is 3.25. The van der Waals surface area contributed by atoms with Crippen LogP contribution in [0.2, 0.25) is 0 Å². The van der Waals surface area contributed by atoms with Crippen LogP contribution in [0.4, 0.5) is 5.82 Å². The number of rotatable bonds is 2. The first kappa shape index (κ1) is 9.87. The SMILES string of the molecule is Cc1cn[nH]c1NC(=O)C1CC2CCC1C2. The molecule has 0 aliphatic heterocycles. The Morgan fingerprint density at radius 2 is 2.38 bits per heavy atom. The van der Waals surface area contributed by atoms with Crippen LogP contribution in [0.1, 0.15) is 31.2 Å². The van der Waals surface area contributed by atoms with Crippen LogP contribution in [0.15, 0.2) is 6.20 Å². The van der Waals surface area contributed by atoms with E-state index in [0.29, 0.717) is 5.92 Å². The van der Waals surface area contributed by atoms with Gasteiger partial charge in [-0.25, -0.2) is 0 Å². The Balaban J connectivity index is 1.68. The first-order valence-electron chi connectivity index (χ1n) is 6.05.